The van der Waals surface area contributed by atoms with Crippen molar-refractivity contribution in [3.05, 3.63) is 59.4 Å². The molecule has 1 aromatic carbocycles. The van der Waals surface area contributed by atoms with E-state index in [0.717, 1.165) is 18.3 Å². The fraction of sp³-hybridized carbons (Fsp3) is 0. The summed E-state index contributed by atoms with van der Waals surface area (Å²) < 4.78 is 51.8. The summed E-state index contributed by atoms with van der Waals surface area (Å²) >= 11 is 0. The number of hydrogen-bond acceptors (Lipinski definition) is 2. The highest BCUT2D eigenvalue weighted by Crippen LogP contribution is 2.20. The molecular formula is C12H6F4N2O. The Morgan fingerprint density at radius 1 is 1.05 bits per heavy atom. The number of hydrogen-bond donors (Lipinski definition) is 1. The summed E-state index contributed by atoms with van der Waals surface area (Å²) in [5.41, 5.74) is -0.875. The predicted molar refractivity (Wildman–Crippen MR) is 58.5 cm³/mol. The number of carbonyl (C=O) groups is 1. The number of anilines is 1. The van der Waals surface area contributed by atoms with Gasteiger partial charge in [0.15, 0.2) is 11.6 Å². The number of pyridine rings is 1. The summed E-state index contributed by atoms with van der Waals surface area (Å²) in [6.07, 6.45) is 0.907. The van der Waals surface area contributed by atoms with E-state index in [9.17, 15) is 22.4 Å². The Kier molecular flexibility index (Phi) is 3.46. The van der Waals surface area contributed by atoms with Crippen molar-refractivity contribution in [2.45, 2.75) is 0 Å². The minimum Gasteiger partial charge on any atom is -0.317 e. The van der Waals surface area contributed by atoms with Gasteiger partial charge in [0, 0.05) is 18.3 Å². The lowest BCUT2D eigenvalue weighted by Gasteiger charge is -2.07. The van der Waals surface area contributed by atoms with Crippen LogP contribution < -0.4 is 5.32 Å². The van der Waals surface area contributed by atoms with Crippen LogP contribution >= 0.6 is 0 Å². The zero-order valence-corrected chi connectivity index (χ0v) is 9.25. The van der Waals surface area contributed by atoms with E-state index in [1.807, 2.05) is 5.32 Å². The molecule has 0 aliphatic carbocycles. The molecule has 1 heterocycles. The van der Waals surface area contributed by atoms with E-state index >= 15 is 0 Å². The molecule has 19 heavy (non-hydrogen) atoms. The Bertz CT molecular complexity index is 605. The lowest BCUT2D eigenvalue weighted by molar-refractivity contribution is 0.102. The van der Waals surface area contributed by atoms with E-state index in [4.69, 9.17) is 0 Å². The zero-order valence-electron chi connectivity index (χ0n) is 9.25. The molecule has 0 radical (unpaired) electrons. The first-order valence-corrected chi connectivity index (χ1v) is 5.05. The van der Waals surface area contributed by atoms with Gasteiger partial charge in [0.05, 0.1) is 5.56 Å². The highest BCUT2D eigenvalue weighted by Gasteiger charge is 2.15. The molecule has 1 N–H and O–H groups in total. The van der Waals surface area contributed by atoms with Gasteiger partial charge in [-0.2, -0.15) is 4.39 Å². The smallest absolute Gasteiger partial charge is 0.257 e. The molecule has 1 aromatic heterocycles. The van der Waals surface area contributed by atoms with Crippen molar-refractivity contribution in [2.75, 3.05) is 5.32 Å². The van der Waals surface area contributed by atoms with Gasteiger partial charge in [-0.15, -0.1) is 0 Å². The summed E-state index contributed by atoms with van der Waals surface area (Å²) in [6, 6.07) is 2.88. The van der Waals surface area contributed by atoms with Crippen LogP contribution in [0.5, 0.6) is 0 Å². The summed E-state index contributed by atoms with van der Waals surface area (Å²) in [6.45, 7) is 0. The van der Waals surface area contributed by atoms with Crippen molar-refractivity contribution in [3.8, 4) is 0 Å². The third-order valence-electron chi connectivity index (χ3n) is 2.23. The van der Waals surface area contributed by atoms with Gasteiger partial charge in [0.2, 0.25) is 5.95 Å². The van der Waals surface area contributed by atoms with Crippen molar-refractivity contribution < 1.29 is 22.4 Å². The molecule has 7 heteroatoms. The molecule has 1 amide bonds. The van der Waals surface area contributed by atoms with Gasteiger partial charge in [0.1, 0.15) is 11.5 Å². The van der Waals surface area contributed by atoms with Crippen molar-refractivity contribution in [2.24, 2.45) is 0 Å². The molecule has 2 aromatic rings. The Labute approximate surface area is 104 Å². The van der Waals surface area contributed by atoms with Gasteiger partial charge in [-0.25, -0.2) is 18.2 Å². The van der Waals surface area contributed by atoms with Crippen molar-refractivity contribution in [1.29, 1.82) is 0 Å². The number of amides is 1. The topological polar surface area (TPSA) is 42.0 Å². The van der Waals surface area contributed by atoms with E-state index in [1.54, 1.807) is 0 Å². The maximum Gasteiger partial charge on any atom is 0.257 e. The fourth-order valence-electron chi connectivity index (χ4n) is 1.36. The zero-order chi connectivity index (χ0) is 14.0. The Hall–Kier alpha value is -2.44. The van der Waals surface area contributed by atoms with Crippen LogP contribution in [0.2, 0.25) is 0 Å². The summed E-state index contributed by atoms with van der Waals surface area (Å²) in [5, 5.41) is 1.92. The van der Waals surface area contributed by atoms with Crippen LogP contribution in [0, 0.1) is 23.4 Å². The second-order valence-electron chi connectivity index (χ2n) is 3.57. The molecule has 0 saturated heterocycles. The third kappa shape index (κ3) is 2.87. The lowest BCUT2D eigenvalue weighted by atomic mass is 10.2. The molecule has 98 valence electrons. The number of halogens is 4. The number of nitrogens with zero attached hydrogens (tertiary/aromatic N) is 1. The molecule has 2 rings (SSSR count). The molecule has 0 unspecified atom stereocenters. The first-order valence-electron chi connectivity index (χ1n) is 5.05. The molecule has 0 fully saturated rings. The van der Waals surface area contributed by atoms with E-state index < -0.39 is 35.0 Å². The molecule has 0 atom stereocenters. The minimum atomic E-state index is -1.25. The maximum absolute atomic E-state index is 13.3. The minimum absolute atomic E-state index is 0.0930. The first kappa shape index (κ1) is 13.0. The van der Waals surface area contributed by atoms with Gasteiger partial charge < -0.3 is 5.32 Å². The number of rotatable bonds is 2. The second kappa shape index (κ2) is 5.05. The van der Waals surface area contributed by atoms with E-state index in [1.165, 1.54) is 0 Å². The predicted octanol–water partition coefficient (Wildman–Crippen LogP) is 2.89. The van der Waals surface area contributed by atoms with E-state index in [2.05, 4.69) is 4.98 Å². The van der Waals surface area contributed by atoms with Gasteiger partial charge in [0.25, 0.3) is 5.91 Å². The number of nitrogens with one attached hydrogen (secondary N) is 1. The average molecular weight is 270 g/mol. The van der Waals surface area contributed by atoms with Crippen LogP contribution in [-0.2, 0) is 0 Å². The van der Waals surface area contributed by atoms with Crippen LogP contribution in [0.15, 0.2) is 30.5 Å². The first-order chi connectivity index (χ1) is 8.97. The number of carbonyl (C=O) groups excluding carboxylic acids is 1. The van der Waals surface area contributed by atoms with Crippen LogP contribution in [0.1, 0.15) is 10.4 Å². The van der Waals surface area contributed by atoms with Crippen molar-refractivity contribution in [3.63, 3.8) is 0 Å². The van der Waals surface area contributed by atoms with Crippen LogP contribution in [0.3, 0.4) is 0 Å². The quantitative estimate of drug-likeness (QED) is 0.673. The van der Waals surface area contributed by atoms with Gasteiger partial charge >= 0.3 is 0 Å². The highest BCUT2D eigenvalue weighted by atomic mass is 19.1. The summed E-state index contributed by atoms with van der Waals surface area (Å²) in [7, 11) is 0. The highest BCUT2D eigenvalue weighted by molar-refractivity contribution is 6.04. The van der Waals surface area contributed by atoms with Crippen molar-refractivity contribution >= 4 is 11.6 Å². The third-order valence-corrected chi connectivity index (χ3v) is 2.23. The number of aromatic nitrogens is 1. The molecule has 0 spiro atoms. The van der Waals surface area contributed by atoms with Crippen molar-refractivity contribution in [1.82, 2.24) is 4.98 Å². The lowest BCUT2D eigenvalue weighted by Crippen LogP contribution is -2.15. The molecule has 0 bridgehead atoms. The maximum atomic E-state index is 13.3. The molecule has 0 aliphatic rings. The number of benzene rings is 1. The van der Waals surface area contributed by atoms with E-state index in [-0.39, 0.29) is 5.56 Å². The summed E-state index contributed by atoms with van der Waals surface area (Å²) in [5.74, 6) is -5.29. The standard InChI is InChI=1S/C12H6F4N2O/c13-7-3-8(14)11(9(15)4-7)18-12(19)6-1-2-10(16)17-5-6/h1-5H,(H,18,19). The normalized spacial score (nSPS) is 10.3. The van der Waals surface area contributed by atoms with Gasteiger partial charge in [-0.3, -0.25) is 4.79 Å². The van der Waals surface area contributed by atoms with Gasteiger partial charge in [-0.1, -0.05) is 0 Å². The van der Waals surface area contributed by atoms with E-state index in [0.29, 0.717) is 12.1 Å². The fourth-order valence-corrected chi connectivity index (χ4v) is 1.36. The molecule has 0 saturated carbocycles. The average Bonchev–Trinajstić information content (AvgIpc) is 2.34. The van der Waals surface area contributed by atoms with Gasteiger partial charge in [-0.05, 0) is 12.1 Å². The summed E-state index contributed by atoms with van der Waals surface area (Å²) in [4.78, 5) is 14.8. The Balaban J connectivity index is 2.26. The second-order valence-corrected chi connectivity index (χ2v) is 3.57. The SMILES string of the molecule is O=C(Nc1c(F)cc(F)cc1F)c1ccc(F)nc1. The van der Waals surface area contributed by atoms with Crippen LogP contribution in [-0.4, -0.2) is 10.9 Å². The Morgan fingerprint density at radius 3 is 2.21 bits per heavy atom. The van der Waals surface area contributed by atoms with Crippen LogP contribution in [0.4, 0.5) is 23.2 Å². The monoisotopic (exact) mass is 270 g/mol. The molecule has 3 nitrogen and oxygen atoms in total. The van der Waals surface area contributed by atoms with Crippen LogP contribution in [0.25, 0.3) is 0 Å². The molecule has 0 aliphatic heterocycles. The largest absolute Gasteiger partial charge is 0.317 e. The Morgan fingerprint density at radius 2 is 1.68 bits per heavy atom. The molecular weight excluding hydrogens is 264 g/mol.